The summed E-state index contributed by atoms with van der Waals surface area (Å²) in [6.07, 6.45) is 2.12. The largest absolute Gasteiger partial charge is 0.309 e. The highest BCUT2D eigenvalue weighted by Crippen LogP contribution is 2.62. The molecule has 0 amide bonds. The molecule has 0 unspecified atom stereocenters. The van der Waals surface area contributed by atoms with Gasteiger partial charge in [-0.15, -0.1) is 0 Å². The molecule has 3 nitrogen and oxygen atoms in total. The molecule has 130 valence electrons. The van der Waals surface area contributed by atoms with Crippen LogP contribution in [0.15, 0.2) is 35.4 Å². The highest BCUT2D eigenvalue weighted by molar-refractivity contribution is 8.33. The Morgan fingerprint density at radius 1 is 0.913 bits per heavy atom. The Kier molecular flexibility index (Phi) is 5.15. The quantitative estimate of drug-likeness (QED) is 0.659. The Morgan fingerprint density at radius 3 is 1.87 bits per heavy atom. The first-order valence-corrected chi connectivity index (χ1v) is 12.0. The molecule has 0 N–H and O–H groups in total. The van der Waals surface area contributed by atoms with Crippen LogP contribution in [0.25, 0.3) is 10.9 Å². The zero-order chi connectivity index (χ0) is 17.6. The van der Waals surface area contributed by atoms with Crippen LogP contribution in [0, 0.1) is 0 Å². The molecule has 0 aliphatic rings. The van der Waals surface area contributed by atoms with Crippen molar-refractivity contribution in [2.24, 2.45) is 0 Å². The molecule has 1 heterocycles. The average molecular weight is 376 g/mol. The monoisotopic (exact) mass is 375 g/mol. The van der Waals surface area contributed by atoms with E-state index >= 15 is 0 Å². The van der Waals surface area contributed by atoms with Gasteiger partial charge in [-0.1, -0.05) is 47.6 Å². The first kappa shape index (κ1) is 18.7. The zero-order valence-electron chi connectivity index (χ0n) is 14.6. The molecule has 0 aliphatic carbocycles. The fourth-order valence-electron chi connectivity index (χ4n) is 3.83. The van der Waals surface area contributed by atoms with Crippen LogP contribution in [-0.4, -0.2) is 28.1 Å². The smallest absolute Gasteiger partial charge is 0.261 e. The van der Waals surface area contributed by atoms with E-state index in [1.54, 1.807) is 12.1 Å². The van der Waals surface area contributed by atoms with Gasteiger partial charge in [0.05, 0.1) is 10.4 Å². The lowest BCUT2D eigenvalue weighted by Gasteiger charge is -2.52. The van der Waals surface area contributed by atoms with Crippen molar-refractivity contribution in [3.05, 3.63) is 30.5 Å². The van der Waals surface area contributed by atoms with Crippen molar-refractivity contribution in [3.8, 4) is 0 Å². The minimum absolute atomic E-state index is 0.163. The molecule has 1 aromatic heterocycles. The van der Waals surface area contributed by atoms with E-state index in [4.69, 9.17) is 10.7 Å². The van der Waals surface area contributed by atoms with Crippen molar-refractivity contribution in [1.82, 2.24) is 3.97 Å². The number of fused-ring (bicyclic) bond motifs is 1. The van der Waals surface area contributed by atoms with Gasteiger partial charge in [0.2, 0.25) is 0 Å². The summed E-state index contributed by atoms with van der Waals surface area (Å²) in [5.74, 6) is 0. The molecule has 0 spiro atoms. The van der Waals surface area contributed by atoms with Crippen molar-refractivity contribution in [1.29, 1.82) is 0 Å². The molecule has 0 saturated carbocycles. The molecule has 1 aromatic carbocycles. The molecular formula is C17H26ClNO2S2. The first-order valence-electron chi connectivity index (χ1n) is 7.89. The summed E-state index contributed by atoms with van der Waals surface area (Å²) >= 11 is 0. The molecular weight excluding hydrogens is 350 g/mol. The second-order valence-electron chi connectivity index (χ2n) is 6.67. The number of halogens is 1. The van der Waals surface area contributed by atoms with Gasteiger partial charge in [0.25, 0.3) is 9.05 Å². The summed E-state index contributed by atoms with van der Waals surface area (Å²) in [5, 5.41) is 2.49. The second-order valence-corrected chi connectivity index (χ2v) is 13.9. The Morgan fingerprint density at radius 2 is 1.43 bits per heavy atom. The molecule has 0 radical (unpaired) electrons. The zero-order valence-corrected chi connectivity index (χ0v) is 17.0. The first-order chi connectivity index (χ1) is 10.5. The standard InChI is InChI=1S/C17H26ClNO2S2/c1-12(2)22(13(3)4,14(5)6)19-10-9-15-7-8-16(11-17(15)19)23(18,20)21/h7-14H,1-6H3. The van der Waals surface area contributed by atoms with Crippen LogP contribution in [0.3, 0.4) is 0 Å². The van der Waals surface area contributed by atoms with Crippen LogP contribution in [0.4, 0.5) is 0 Å². The maximum atomic E-state index is 11.7. The number of nitrogens with zero attached hydrogens (tertiary/aromatic N) is 1. The van der Waals surface area contributed by atoms with Crippen molar-refractivity contribution in [3.63, 3.8) is 0 Å². The molecule has 2 aromatic rings. The molecule has 6 heteroatoms. The molecule has 0 saturated heterocycles. The van der Waals surface area contributed by atoms with Crippen molar-refractivity contribution >= 4 is 40.9 Å². The van der Waals surface area contributed by atoms with Gasteiger partial charge >= 0.3 is 0 Å². The van der Waals surface area contributed by atoms with Crippen LogP contribution in [0.5, 0.6) is 0 Å². The number of rotatable bonds is 5. The normalized spacial score (nSPS) is 14.3. The van der Waals surface area contributed by atoms with Crippen LogP contribution >= 0.6 is 20.9 Å². The molecule has 0 atom stereocenters. The third kappa shape index (κ3) is 3.03. The van der Waals surface area contributed by atoms with E-state index in [2.05, 4.69) is 57.8 Å². The maximum Gasteiger partial charge on any atom is 0.261 e. The van der Waals surface area contributed by atoms with Crippen LogP contribution in [-0.2, 0) is 9.05 Å². The lowest BCUT2D eigenvalue weighted by Crippen LogP contribution is -2.33. The summed E-state index contributed by atoms with van der Waals surface area (Å²) in [4.78, 5) is 0.163. The third-order valence-electron chi connectivity index (χ3n) is 4.52. The van der Waals surface area contributed by atoms with Crippen LogP contribution in [0.1, 0.15) is 41.5 Å². The van der Waals surface area contributed by atoms with E-state index < -0.39 is 19.3 Å². The lowest BCUT2D eigenvalue weighted by atomic mass is 10.2. The van der Waals surface area contributed by atoms with E-state index in [0.29, 0.717) is 15.7 Å². The number of hydrogen-bond donors (Lipinski definition) is 0. The predicted octanol–water partition coefficient (Wildman–Crippen LogP) is 5.36. The molecule has 0 bridgehead atoms. The Labute approximate surface area is 145 Å². The number of benzene rings is 1. The lowest BCUT2D eigenvalue weighted by molar-refractivity contribution is 0.609. The van der Waals surface area contributed by atoms with Crippen LogP contribution in [0.2, 0.25) is 0 Å². The van der Waals surface area contributed by atoms with E-state index in [1.807, 2.05) is 6.07 Å². The topological polar surface area (TPSA) is 39.1 Å². The maximum absolute atomic E-state index is 11.7. The van der Waals surface area contributed by atoms with Gasteiger partial charge < -0.3 is 3.97 Å². The molecule has 2 rings (SSSR count). The van der Waals surface area contributed by atoms with E-state index in [-0.39, 0.29) is 4.90 Å². The van der Waals surface area contributed by atoms with E-state index in [1.165, 1.54) is 0 Å². The van der Waals surface area contributed by atoms with Gasteiger partial charge in [-0.25, -0.2) is 8.42 Å². The molecule has 23 heavy (non-hydrogen) atoms. The Balaban J connectivity index is 2.84. The third-order valence-corrected chi connectivity index (χ3v) is 11.4. The number of aromatic nitrogens is 1. The van der Waals surface area contributed by atoms with Crippen molar-refractivity contribution in [2.45, 2.75) is 62.2 Å². The van der Waals surface area contributed by atoms with Crippen molar-refractivity contribution < 1.29 is 8.42 Å². The predicted molar refractivity (Wildman–Crippen MR) is 103 cm³/mol. The fourth-order valence-corrected chi connectivity index (χ4v) is 10.00. The van der Waals surface area contributed by atoms with Crippen LogP contribution < -0.4 is 0 Å². The van der Waals surface area contributed by atoms with Gasteiger partial charge in [0.15, 0.2) is 0 Å². The minimum Gasteiger partial charge on any atom is -0.309 e. The average Bonchev–Trinajstić information content (AvgIpc) is 2.80. The van der Waals surface area contributed by atoms with Gasteiger partial charge in [-0.2, -0.15) is 10.2 Å². The highest BCUT2D eigenvalue weighted by atomic mass is 35.7. The van der Waals surface area contributed by atoms with Gasteiger partial charge in [-0.05, 0) is 18.2 Å². The van der Waals surface area contributed by atoms with Gasteiger partial charge in [0.1, 0.15) is 0 Å². The van der Waals surface area contributed by atoms with Gasteiger partial charge in [-0.3, -0.25) is 0 Å². The summed E-state index contributed by atoms with van der Waals surface area (Å²) in [7, 11) is 0.631. The molecule has 0 aliphatic heterocycles. The fraction of sp³-hybridized carbons (Fsp3) is 0.529. The summed E-state index contributed by atoms with van der Waals surface area (Å²) < 4.78 is 25.8. The number of hydrogen-bond acceptors (Lipinski definition) is 2. The van der Waals surface area contributed by atoms with E-state index in [0.717, 1.165) is 10.9 Å². The SMILES string of the molecule is CC(C)S(C(C)C)(C(C)C)n1ccc2ccc(S(=O)(=O)Cl)cc21. The summed E-state index contributed by atoms with van der Waals surface area (Å²) in [5.41, 5.74) is 0.956. The Hall–Kier alpha value is -0.650. The summed E-state index contributed by atoms with van der Waals surface area (Å²) in [6, 6.07) is 7.19. The van der Waals surface area contributed by atoms with Crippen molar-refractivity contribution in [2.75, 3.05) is 0 Å². The van der Waals surface area contributed by atoms with Gasteiger partial charge in [0, 0.05) is 38.0 Å². The Bertz CT molecular complexity index is 785. The highest BCUT2D eigenvalue weighted by Gasteiger charge is 2.37. The summed E-state index contributed by atoms with van der Waals surface area (Å²) in [6.45, 7) is 13.6. The minimum atomic E-state index is -3.73. The van der Waals surface area contributed by atoms with E-state index in [9.17, 15) is 8.42 Å². The second kappa shape index (κ2) is 6.34. The molecule has 0 fully saturated rings.